The molecule has 20 heavy (non-hydrogen) atoms. The van der Waals surface area contributed by atoms with Crippen molar-refractivity contribution < 1.29 is 19.4 Å². The molecule has 0 fully saturated rings. The van der Waals surface area contributed by atoms with Crippen LogP contribution in [0.3, 0.4) is 0 Å². The summed E-state index contributed by atoms with van der Waals surface area (Å²) in [4.78, 5) is 27.1. The SMILES string of the molecule is CC(=O)Nc1nc(COc2cc(C)sc2C(=O)O)cs1. The molecule has 0 unspecified atom stereocenters. The van der Waals surface area contributed by atoms with Crippen LogP contribution in [-0.4, -0.2) is 22.0 Å². The smallest absolute Gasteiger partial charge is 0.349 e. The Balaban J connectivity index is 2.03. The zero-order valence-corrected chi connectivity index (χ0v) is 12.4. The van der Waals surface area contributed by atoms with Crippen LogP contribution in [0.5, 0.6) is 5.75 Å². The summed E-state index contributed by atoms with van der Waals surface area (Å²) in [6, 6.07) is 1.69. The van der Waals surface area contributed by atoms with Crippen molar-refractivity contribution >= 4 is 39.7 Å². The molecule has 0 aliphatic heterocycles. The number of thiazole rings is 1. The van der Waals surface area contributed by atoms with Crippen molar-refractivity contribution in [1.29, 1.82) is 0 Å². The van der Waals surface area contributed by atoms with Gasteiger partial charge in [0.1, 0.15) is 12.4 Å². The molecule has 0 radical (unpaired) electrons. The van der Waals surface area contributed by atoms with Gasteiger partial charge in [-0.15, -0.1) is 22.7 Å². The van der Waals surface area contributed by atoms with Crippen LogP contribution in [-0.2, 0) is 11.4 Å². The molecule has 0 aliphatic carbocycles. The van der Waals surface area contributed by atoms with Crippen LogP contribution in [0.4, 0.5) is 5.13 Å². The summed E-state index contributed by atoms with van der Waals surface area (Å²) in [5.41, 5.74) is 0.638. The number of carboxylic acids is 1. The number of ether oxygens (including phenoxy) is 1. The molecule has 2 heterocycles. The minimum atomic E-state index is -1.00. The highest BCUT2D eigenvalue weighted by Crippen LogP contribution is 2.29. The first-order valence-corrected chi connectivity index (χ1v) is 7.34. The molecule has 2 aromatic rings. The van der Waals surface area contributed by atoms with Gasteiger partial charge in [0, 0.05) is 17.2 Å². The summed E-state index contributed by atoms with van der Waals surface area (Å²) in [5.74, 6) is -0.849. The first kappa shape index (κ1) is 14.5. The number of anilines is 1. The number of aromatic nitrogens is 1. The summed E-state index contributed by atoms with van der Waals surface area (Å²) < 4.78 is 5.48. The molecule has 6 nitrogen and oxygen atoms in total. The minimum Gasteiger partial charge on any atom is -0.485 e. The summed E-state index contributed by atoms with van der Waals surface area (Å²) in [6.45, 7) is 3.39. The van der Waals surface area contributed by atoms with Crippen molar-refractivity contribution in [2.75, 3.05) is 5.32 Å². The van der Waals surface area contributed by atoms with Crippen LogP contribution >= 0.6 is 22.7 Å². The molecule has 2 N–H and O–H groups in total. The van der Waals surface area contributed by atoms with E-state index in [4.69, 9.17) is 9.84 Å². The lowest BCUT2D eigenvalue weighted by Crippen LogP contribution is -2.05. The second kappa shape index (κ2) is 6.02. The molecule has 8 heteroatoms. The van der Waals surface area contributed by atoms with E-state index in [2.05, 4.69) is 10.3 Å². The lowest BCUT2D eigenvalue weighted by molar-refractivity contribution is -0.114. The fourth-order valence-corrected chi connectivity index (χ4v) is 3.01. The minimum absolute atomic E-state index is 0.159. The van der Waals surface area contributed by atoms with Gasteiger partial charge in [0.15, 0.2) is 10.0 Å². The third-order valence-corrected chi connectivity index (χ3v) is 4.05. The second-order valence-corrected chi connectivity index (χ2v) is 6.08. The molecule has 0 spiro atoms. The van der Waals surface area contributed by atoms with Gasteiger partial charge in [-0.2, -0.15) is 0 Å². The van der Waals surface area contributed by atoms with Gasteiger partial charge in [-0.05, 0) is 13.0 Å². The van der Waals surface area contributed by atoms with Crippen LogP contribution in [0.2, 0.25) is 0 Å². The first-order chi connectivity index (χ1) is 9.45. The van der Waals surface area contributed by atoms with E-state index < -0.39 is 5.97 Å². The van der Waals surface area contributed by atoms with Gasteiger partial charge in [-0.3, -0.25) is 4.79 Å². The Kier molecular flexibility index (Phi) is 4.35. The third kappa shape index (κ3) is 3.55. The number of hydrogen-bond acceptors (Lipinski definition) is 6. The summed E-state index contributed by atoms with van der Waals surface area (Å²) in [7, 11) is 0. The summed E-state index contributed by atoms with van der Waals surface area (Å²) in [5, 5.41) is 13.9. The Morgan fingerprint density at radius 3 is 2.90 bits per heavy atom. The maximum atomic E-state index is 11.0. The standard InChI is InChI=1S/C12H12N2O4S2/c1-6-3-9(10(20-6)11(16)17)18-4-8-5-19-12(14-8)13-7(2)15/h3,5H,4H2,1-2H3,(H,16,17)(H,13,14,15). The van der Waals surface area contributed by atoms with Gasteiger partial charge in [-0.25, -0.2) is 9.78 Å². The van der Waals surface area contributed by atoms with E-state index in [9.17, 15) is 9.59 Å². The maximum Gasteiger partial charge on any atom is 0.349 e. The van der Waals surface area contributed by atoms with E-state index in [0.717, 1.165) is 4.88 Å². The van der Waals surface area contributed by atoms with Gasteiger partial charge < -0.3 is 15.2 Å². The Morgan fingerprint density at radius 1 is 1.50 bits per heavy atom. The molecule has 0 saturated heterocycles. The number of amides is 1. The van der Waals surface area contributed by atoms with E-state index in [1.165, 1.54) is 29.6 Å². The highest BCUT2D eigenvalue weighted by Gasteiger charge is 2.15. The van der Waals surface area contributed by atoms with Gasteiger partial charge in [-0.1, -0.05) is 0 Å². The van der Waals surface area contributed by atoms with Crippen LogP contribution in [0.15, 0.2) is 11.4 Å². The van der Waals surface area contributed by atoms with Crippen molar-refractivity contribution in [3.63, 3.8) is 0 Å². The Morgan fingerprint density at radius 2 is 2.25 bits per heavy atom. The highest BCUT2D eigenvalue weighted by atomic mass is 32.1. The first-order valence-electron chi connectivity index (χ1n) is 5.64. The van der Waals surface area contributed by atoms with Gasteiger partial charge >= 0.3 is 5.97 Å². The topological polar surface area (TPSA) is 88.5 Å². The summed E-state index contributed by atoms with van der Waals surface area (Å²) >= 11 is 2.46. The quantitative estimate of drug-likeness (QED) is 0.886. The van der Waals surface area contributed by atoms with E-state index in [1.807, 2.05) is 6.92 Å². The molecule has 106 valence electrons. The maximum absolute atomic E-state index is 11.0. The average molecular weight is 312 g/mol. The fourth-order valence-electron chi connectivity index (χ4n) is 1.48. The van der Waals surface area contributed by atoms with Crippen LogP contribution in [0.1, 0.15) is 27.2 Å². The molecule has 1 amide bonds. The van der Waals surface area contributed by atoms with E-state index >= 15 is 0 Å². The number of rotatable bonds is 5. The largest absolute Gasteiger partial charge is 0.485 e. The lowest BCUT2D eigenvalue weighted by atomic mass is 10.4. The number of hydrogen-bond donors (Lipinski definition) is 2. The van der Waals surface area contributed by atoms with Crippen LogP contribution < -0.4 is 10.1 Å². The van der Waals surface area contributed by atoms with Crippen molar-refractivity contribution in [2.45, 2.75) is 20.5 Å². The predicted octanol–water partition coefficient (Wildman–Crippen LogP) is 2.75. The average Bonchev–Trinajstić information content (AvgIpc) is 2.92. The van der Waals surface area contributed by atoms with Crippen molar-refractivity contribution in [1.82, 2.24) is 4.98 Å². The monoisotopic (exact) mass is 312 g/mol. The van der Waals surface area contributed by atoms with E-state index in [-0.39, 0.29) is 17.4 Å². The van der Waals surface area contributed by atoms with Crippen LogP contribution in [0, 0.1) is 6.92 Å². The lowest BCUT2D eigenvalue weighted by Gasteiger charge is -2.02. The molecule has 0 bridgehead atoms. The summed E-state index contributed by atoms with van der Waals surface area (Å²) in [6.07, 6.45) is 0. The molecule has 0 atom stereocenters. The fraction of sp³-hybridized carbons (Fsp3) is 0.250. The highest BCUT2D eigenvalue weighted by molar-refractivity contribution is 7.14. The van der Waals surface area contributed by atoms with Crippen molar-refractivity contribution in [3.8, 4) is 5.75 Å². The van der Waals surface area contributed by atoms with Gasteiger partial charge in [0.25, 0.3) is 0 Å². The van der Waals surface area contributed by atoms with Crippen LogP contribution in [0.25, 0.3) is 0 Å². The number of carboxylic acid groups (broad SMARTS) is 1. The second-order valence-electron chi connectivity index (χ2n) is 3.97. The van der Waals surface area contributed by atoms with Crippen molar-refractivity contribution in [2.24, 2.45) is 0 Å². The van der Waals surface area contributed by atoms with Crippen molar-refractivity contribution in [3.05, 3.63) is 26.9 Å². The number of aryl methyl sites for hydroxylation is 1. The van der Waals surface area contributed by atoms with Gasteiger partial charge in [0.2, 0.25) is 5.91 Å². The number of nitrogens with zero attached hydrogens (tertiary/aromatic N) is 1. The Bertz CT molecular complexity index is 648. The molecule has 0 saturated carbocycles. The van der Waals surface area contributed by atoms with Gasteiger partial charge in [0.05, 0.1) is 5.69 Å². The Hall–Kier alpha value is -1.93. The number of carbonyl (C=O) groups excluding carboxylic acids is 1. The molecule has 0 aliphatic rings. The predicted molar refractivity (Wildman–Crippen MR) is 76.8 cm³/mol. The zero-order chi connectivity index (χ0) is 14.7. The number of nitrogens with one attached hydrogen (secondary N) is 1. The molecular weight excluding hydrogens is 300 g/mol. The third-order valence-electron chi connectivity index (χ3n) is 2.23. The normalized spacial score (nSPS) is 10.3. The number of carbonyl (C=O) groups is 2. The molecule has 2 rings (SSSR count). The zero-order valence-electron chi connectivity index (χ0n) is 10.8. The van der Waals surface area contributed by atoms with E-state index in [0.29, 0.717) is 16.6 Å². The molecule has 2 aromatic heterocycles. The number of aromatic carboxylic acids is 1. The molecule has 0 aromatic carbocycles. The Labute approximate surface area is 123 Å². The molecular formula is C12H12N2O4S2. The van der Waals surface area contributed by atoms with E-state index in [1.54, 1.807) is 11.4 Å². The number of thiophene rings is 1.